The molecule has 0 spiro atoms. The van der Waals surface area contributed by atoms with Crippen molar-refractivity contribution < 1.29 is 0 Å². The van der Waals surface area contributed by atoms with Crippen LogP contribution in [0.1, 0.15) is 0 Å². The average molecular weight is 253 g/mol. The van der Waals surface area contributed by atoms with Crippen LogP contribution in [-0.4, -0.2) is 9.97 Å². The normalized spacial score (nSPS) is 10.4. The second kappa shape index (κ2) is 4.58. The van der Waals surface area contributed by atoms with Crippen molar-refractivity contribution >= 4 is 17.0 Å². The number of para-hydroxylation sites is 1. The average Bonchev–Trinajstić information content (AvgIpc) is 2.90. The van der Waals surface area contributed by atoms with E-state index in [1.165, 1.54) is 0 Å². The van der Waals surface area contributed by atoms with E-state index in [-0.39, 0.29) is 0 Å². The number of pyridine rings is 1. The smallest absolute Gasteiger partial charge is 0.142 e. The number of hydrogen-bond donors (Lipinski definition) is 1. The Morgan fingerprint density at radius 1 is 0.944 bits per heavy atom. The summed E-state index contributed by atoms with van der Waals surface area (Å²) in [5.74, 6) is 0. The number of nitrogens with two attached hydrogens (primary N) is 1. The molecule has 0 bridgehead atoms. The molecular weight excluding hydrogens is 242 g/mol. The first-order valence-electron chi connectivity index (χ1n) is 5.56. The monoisotopic (exact) mass is 253 g/mol. The summed E-state index contributed by atoms with van der Waals surface area (Å²) in [5.41, 5.74) is 9.46. The lowest BCUT2D eigenvalue weighted by atomic mass is 10.1. The van der Waals surface area contributed by atoms with Gasteiger partial charge in [-0.25, -0.2) is 4.98 Å². The van der Waals surface area contributed by atoms with Gasteiger partial charge < -0.3 is 5.73 Å². The fourth-order valence-corrected chi connectivity index (χ4v) is 2.53. The molecule has 1 aromatic carbocycles. The Hall–Kier alpha value is -2.20. The Morgan fingerprint density at radius 2 is 1.78 bits per heavy atom. The molecule has 0 fully saturated rings. The van der Waals surface area contributed by atoms with Gasteiger partial charge in [0.05, 0.1) is 11.4 Å². The van der Waals surface area contributed by atoms with Crippen molar-refractivity contribution in [3.05, 3.63) is 54.0 Å². The second-order valence-electron chi connectivity index (χ2n) is 3.84. The van der Waals surface area contributed by atoms with Gasteiger partial charge >= 0.3 is 0 Å². The van der Waals surface area contributed by atoms with Crippen molar-refractivity contribution in [2.24, 2.45) is 0 Å². The maximum Gasteiger partial charge on any atom is 0.142 e. The first kappa shape index (κ1) is 10.9. The Kier molecular flexibility index (Phi) is 2.78. The van der Waals surface area contributed by atoms with Crippen LogP contribution in [-0.2, 0) is 0 Å². The summed E-state index contributed by atoms with van der Waals surface area (Å²) < 4.78 is 0. The number of hydrogen-bond acceptors (Lipinski definition) is 4. The van der Waals surface area contributed by atoms with Gasteiger partial charge in [-0.1, -0.05) is 24.3 Å². The summed E-state index contributed by atoms with van der Waals surface area (Å²) in [6.07, 6.45) is 1.77. The zero-order valence-corrected chi connectivity index (χ0v) is 10.4. The van der Waals surface area contributed by atoms with Crippen molar-refractivity contribution in [3.8, 4) is 22.0 Å². The largest absolute Gasteiger partial charge is 0.398 e. The van der Waals surface area contributed by atoms with E-state index in [9.17, 15) is 0 Å². The quantitative estimate of drug-likeness (QED) is 0.712. The number of anilines is 1. The minimum Gasteiger partial charge on any atom is -0.398 e. The van der Waals surface area contributed by atoms with E-state index < -0.39 is 0 Å². The number of nitrogens with zero attached hydrogens (tertiary/aromatic N) is 2. The molecule has 0 atom stereocenters. The van der Waals surface area contributed by atoms with Crippen LogP contribution in [0.2, 0.25) is 0 Å². The Bertz CT molecular complexity index is 662. The molecule has 4 heteroatoms. The maximum absolute atomic E-state index is 5.95. The third-order valence-corrected chi connectivity index (χ3v) is 3.49. The second-order valence-corrected chi connectivity index (χ2v) is 4.70. The maximum atomic E-state index is 5.95. The van der Waals surface area contributed by atoms with E-state index >= 15 is 0 Å². The van der Waals surface area contributed by atoms with Gasteiger partial charge in [-0.3, -0.25) is 4.98 Å². The fourth-order valence-electron chi connectivity index (χ4n) is 1.73. The van der Waals surface area contributed by atoms with E-state index in [2.05, 4.69) is 9.97 Å². The predicted octanol–water partition coefficient (Wildman–Crippen LogP) is 3.45. The van der Waals surface area contributed by atoms with Gasteiger partial charge in [0.2, 0.25) is 0 Å². The van der Waals surface area contributed by atoms with E-state index in [1.54, 1.807) is 17.5 Å². The molecule has 0 amide bonds. The highest BCUT2D eigenvalue weighted by atomic mass is 32.1. The van der Waals surface area contributed by atoms with Crippen molar-refractivity contribution in [3.63, 3.8) is 0 Å². The molecule has 3 nitrogen and oxygen atoms in total. The predicted molar refractivity (Wildman–Crippen MR) is 75.2 cm³/mol. The highest BCUT2D eigenvalue weighted by molar-refractivity contribution is 7.13. The van der Waals surface area contributed by atoms with E-state index in [4.69, 9.17) is 5.73 Å². The molecule has 2 aromatic heterocycles. The summed E-state index contributed by atoms with van der Waals surface area (Å²) in [6.45, 7) is 0. The van der Waals surface area contributed by atoms with Crippen LogP contribution in [0.5, 0.6) is 0 Å². The molecule has 3 aromatic rings. The number of benzene rings is 1. The van der Waals surface area contributed by atoms with Crippen LogP contribution in [0.4, 0.5) is 5.69 Å². The molecular formula is C14H11N3S. The zero-order valence-electron chi connectivity index (χ0n) is 9.58. The van der Waals surface area contributed by atoms with Crippen LogP contribution >= 0.6 is 11.3 Å². The third-order valence-electron chi connectivity index (χ3n) is 2.62. The summed E-state index contributed by atoms with van der Waals surface area (Å²) in [7, 11) is 0. The lowest BCUT2D eigenvalue weighted by molar-refractivity contribution is 1.29. The number of thiazole rings is 1. The third kappa shape index (κ3) is 1.98. The standard InChI is InChI=1S/C14H11N3S/c15-11-6-2-1-5-10(11)13-9-18-14(17-13)12-7-3-4-8-16-12/h1-9H,15H2. The number of rotatable bonds is 2. The molecule has 0 aliphatic carbocycles. The van der Waals surface area contributed by atoms with Crippen LogP contribution < -0.4 is 5.73 Å². The zero-order chi connectivity index (χ0) is 12.4. The lowest BCUT2D eigenvalue weighted by Crippen LogP contribution is -1.89. The highest BCUT2D eigenvalue weighted by Crippen LogP contribution is 2.30. The van der Waals surface area contributed by atoms with Crippen molar-refractivity contribution in [1.82, 2.24) is 9.97 Å². The van der Waals surface area contributed by atoms with Gasteiger partial charge in [0.15, 0.2) is 0 Å². The Morgan fingerprint density at radius 3 is 2.56 bits per heavy atom. The molecule has 0 aliphatic heterocycles. The molecule has 0 saturated heterocycles. The van der Waals surface area contributed by atoms with Gasteiger partial charge in [0.25, 0.3) is 0 Å². The lowest BCUT2D eigenvalue weighted by Gasteiger charge is -2.00. The van der Waals surface area contributed by atoms with Crippen LogP contribution in [0.3, 0.4) is 0 Å². The van der Waals surface area contributed by atoms with Crippen molar-refractivity contribution in [2.45, 2.75) is 0 Å². The molecule has 2 N–H and O–H groups in total. The summed E-state index contributed by atoms with van der Waals surface area (Å²) in [6, 6.07) is 13.6. The molecule has 88 valence electrons. The van der Waals surface area contributed by atoms with Crippen molar-refractivity contribution in [2.75, 3.05) is 5.73 Å². The highest BCUT2D eigenvalue weighted by Gasteiger charge is 2.08. The first-order chi connectivity index (χ1) is 8.84. The van der Waals surface area contributed by atoms with E-state index in [1.807, 2.05) is 47.8 Å². The fraction of sp³-hybridized carbons (Fsp3) is 0. The molecule has 2 heterocycles. The van der Waals surface area contributed by atoms with Gasteiger partial charge in [-0.15, -0.1) is 11.3 Å². The van der Waals surface area contributed by atoms with Gasteiger partial charge in [0.1, 0.15) is 5.01 Å². The number of aromatic nitrogens is 2. The van der Waals surface area contributed by atoms with Crippen molar-refractivity contribution in [1.29, 1.82) is 0 Å². The van der Waals surface area contributed by atoms with Gasteiger partial charge in [-0.05, 0) is 18.2 Å². The molecule has 0 radical (unpaired) electrons. The molecule has 0 unspecified atom stereocenters. The summed E-state index contributed by atoms with van der Waals surface area (Å²) in [4.78, 5) is 8.88. The SMILES string of the molecule is Nc1ccccc1-c1csc(-c2ccccn2)n1. The van der Waals surface area contributed by atoms with E-state index in [0.717, 1.165) is 27.6 Å². The minimum atomic E-state index is 0.746. The molecule has 0 saturated carbocycles. The summed E-state index contributed by atoms with van der Waals surface area (Å²) in [5, 5.41) is 2.92. The Balaban J connectivity index is 2.03. The molecule has 18 heavy (non-hydrogen) atoms. The Labute approximate surface area is 109 Å². The van der Waals surface area contributed by atoms with Gasteiger partial charge in [-0.2, -0.15) is 0 Å². The summed E-state index contributed by atoms with van der Waals surface area (Å²) >= 11 is 1.58. The van der Waals surface area contributed by atoms with Gasteiger partial charge in [0, 0.05) is 22.8 Å². The van der Waals surface area contributed by atoms with Crippen LogP contribution in [0.25, 0.3) is 22.0 Å². The first-order valence-corrected chi connectivity index (χ1v) is 6.44. The molecule has 3 rings (SSSR count). The number of nitrogen functional groups attached to an aromatic ring is 1. The topological polar surface area (TPSA) is 51.8 Å². The van der Waals surface area contributed by atoms with Crippen LogP contribution in [0.15, 0.2) is 54.0 Å². The van der Waals surface area contributed by atoms with E-state index in [0.29, 0.717) is 0 Å². The molecule has 0 aliphatic rings. The minimum absolute atomic E-state index is 0.746. The van der Waals surface area contributed by atoms with Crippen LogP contribution in [0, 0.1) is 0 Å².